The van der Waals surface area contributed by atoms with Crippen LogP contribution in [0.25, 0.3) is 10.9 Å². The van der Waals surface area contributed by atoms with Crippen molar-refractivity contribution in [1.29, 1.82) is 0 Å². The van der Waals surface area contributed by atoms with Gasteiger partial charge in [0.05, 0.1) is 11.6 Å². The van der Waals surface area contributed by atoms with Gasteiger partial charge in [0.2, 0.25) is 5.91 Å². The lowest BCUT2D eigenvalue weighted by molar-refractivity contribution is -0.122. The van der Waals surface area contributed by atoms with Gasteiger partial charge in [-0.15, -0.1) is 0 Å². The molecule has 1 aliphatic carbocycles. The summed E-state index contributed by atoms with van der Waals surface area (Å²) in [4.78, 5) is 21.0. The van der Waals surface area contributed by atoms with Gasteiger partial charge in [0.25, 0.3) is 0 Å². The molecule has 3 aromatic rings. The Morgan fingerprint density at radius 2 is 2.03 bits per heavy atom. The molecule has 2 aromatic heterocycles. The molecule has 0 bridgehead atoms. The molecule has 1 amide bonds. The number of hydrogen-bond acceptors (Lipinski definition) is 4. The smallest absolute Gasteiger partial charge is 0.222 e. The Labute approximate surface area is 171 Å². The van der Waals surface area contributed by atoms with Gasteiger partial charge in [0.1, 0.15) is 11.6 Å². The number of fused-ring (bicyclic) bond motifs is 1. The third-order valence-corrected chi connectivity index (χ3v) is 5.61. The van der Waals surface area contributed by atoms with Crippen molar-refractivity contribution in [3.63, 3.8) is 0 Å². The van der Waals surface area contributed by atoms with E-state index in [1.54, 1.807) is 12.4 Å². The highest BCUT2D eigenvalue weighted by molar-refractivity contribution is 5.79. The van der Waals surface area contributed by atoms with Crippen LogP contribution in [0.1, 0.15) is 44.9 Å². The van der Waals surface area contributed by atoms with Gasteiger partial charge < -0.3 is 14.6 Å². The highest BCUT2D eigenvalue weighted by atomic mass is 16.5. The first-order valence-corrected chi connectivity index (χ1v) is 10.5. The lowest BCUT2D eigenvalue weighted by Gasteiger charge is -2.29. The maximum absolute atomic E-state index is 12.3. The van der Waals surface area contributed by atoms with E-state index < -0.39 is 0 Å². The Morgan fingerprint density at radius 3 is 2.86 bits per heavy atom. The van der Waals surface area contributed by atoms with Crippen molar-refractivity contribution < 1.29 is 9.53 Å². The molecular weight excluding hydrogens is 364 g/mol. The fourth-order valence-electron chi connectivity index (χ4n) is 4.02. The number of imidazole rings is 1. The zero-order valence-corrected chi connectivity index (χ0v) is 16.9. The third-order valence-electron chi connectivity index (χ3n) is 5.61. The van der Waals surface area contributed by atoms with Gasteiger partial charge in [0, 0.05) is 49.4 Å². The summed E-state index contributed by atoms with van der Waals surface area (Å²) >= 11 is 0. The second kappa shape index (κ2) is 9.07. The van der Waals surface area contributed by atoms with Crippen molar-refractivity contribution in [3.8, 4) is 5.75 Å². The quantitative estimate of drug-likeness (QED) is 0.662. The van der Waals surface area contributed by atoms with Gasteiger partial charge in [-0.05, 0) is 49.9 Å². The summed E-state index contributed by atoms with van der Waals surface area (Å²) in [6, 6.07) is 10.3. The Kier molecular flexibility index (Phi) is 6.08. The summed E-state index contributed by atoms with van der Waals surface area (Å²) in [5.74, 6) is 2.04. The fraction of sp³-hybridized carbons (Fsp3) is 0.435. The van der Waals surface area contributed by atoms with Crippen molar-refractivity contribution in [1.82, 2.24) is 19.9 Å². The van der Waals surface area contributed by atoms with Crippen LogP contribution in [0.2, 0.25) is 0 Å². The van der Waals surface area contributed by atoms with E-state index in [4.69, 9.17) is 4.74 Å². The van der Waals surface area contributed by atoms with Gasteiger partial charge in [0.15, 0.2) is 0 Å². The van der Waals surface area contributed by atoms with Crippen molar-refractivity contribution in [3.05, 3.63) is 54.7 Å². The molecule has 0 unspecified atom stereocenters. The van der Waals surface area contributed by atoms with Crippen molar-refractivity contribution >= 4 is 16.8 Å². The fourth-order valence-corrected chi connectivity index (χ4v) is 4.02. The van der Waals surface area contributed by atoms with Crippen LogP contribution in [0.3, 0.4) is 0 Å². The largest absolute Gasteiger partial charge is 0.490 e. The van der Waals surface area contributed by atoms with E-state index in [9.17, 15) is 4.79 Å². The van der Waals surface area contributed by atoms with Crippen LogP contribution < -0.4 is 10.1 Å². The molecule has 6 heteroatoms. The molecule has 2 heterocycles. The van der Waals surface area contributed by atoms with E-state index in [2.05, 4.69) is 38.9 Å². The molecule has 6 nitrogen and oxygen atoms in total. The van der Waals surface area contributed by atoms with Crippen LogP contribution in [0.5, 0.6) is 5.75 Å². The van der Waals surface area contributed by atoms with Crippen LogP contribution >= 0.6 is 0 Å². The predicted octanol–water partition coefficient (Wildman–Crippen LogP) is 3.89. The van der Waals surface area contributed by atoms with E-state index >= 15 is 0 Å². The lowest BCUT2D eigenvalue weighted by Crippen LogP contribution is -2.40. The minimum Gasteiger partial charge on any atom is -0.490 e. The summed E-state index contributed by atoms with van der Waals surface area (Å²) in [6.07, 6.45) is 10.9. The molecule has 0 atom stereocenters. The van der Waals surface area contributed by atoms with Gasteiger partial charge in [-0.3, -0.25) is 9.78 Å². The number of rotatable bonds is 7. The molecule has 1 N–H and O–H groups in total. The average Bonchev–Trinajstić information content (AvgIpc) is 3.21. The maximum Gasteiger partial charge on any atom is 0.222 e. The highest BCUT2D eigenvalue weighted by Gasteiger charge is 2.23. The van der Waals surface area contributed by atoms with E-state index in [0.29, 0.717) is 13.0 Å². The molecule has 0 spiro atoms. The van der Waals surface area contributed by atoms with Crippen LogP contribution in [0.4, 0.5) is 0 Å². The van der Waals surface area contributed by atoms with Crippen molar-refractivity contribution in [2.45, 2.75) is 64.1 Å². The van der Waals surface area contributed by atoms with Crippen LogP contribution in [0, 0.1) is 0 Å². The molecule has 1 aromatic carbocycles. The number of ether oxygens (including phenoxy) is 1. The van der Waals surface area contributed by atoms with Gasteiger partial charge >= 0.3 is 0 Å². The van der Waals surface area contributed by atoms with Gasteiger partial charge in [-0.2, -0.15) is 0 Å². The number of aromatic nitrogens is 3. The average molecular weight is 393 g/mol. The lowest BCUT2D eigenvalue weighted by atomic mass is 9.93. The summed E-state index contributed by atoms with van der Waals surface area (Å²) in [6.45, 7) is 2.76. The zero-order valence-electron chi connectivity index (χ0n) is 16.9. The van der Waals surface area contributed by atoms with Crippen LogP contribution in [-0.2, 0) is 17.8 Å². The number of pyridine rings is 1. The first-order chi connectivity index (χ1) is 14.2. The first-order valence-electron chi connectivity index (χ1n) is 10.5. The zero-order chi connectivity index (χ0) is 20.1. The molecule has 0 saturated heterocycles. The second-order valence-corrected chi connectivity index (χ2v) is 7.66. The number of amides is 1. The van der Waals surface area contributed by atoms with Crippen LogP contribution in [0.15, 0.2) is 48.9 Å². The molecule has 0 aliphatic heterocycles. The predicted molar refractivity (Wildman–Crippen MR) is 113 cm³/mol. The van der Waals surface area contributed by atoms with E-state index in [1.165, 1.54) is 0 Å². The van der Waals surface area contributed by atoms with Crippen LogP contribution in [-0.4, -0.2) is 32.6 Å². The van der Waals surface area contributed by atoms with E-state index in [-0.39, 0.29) is 18.1 Å². The van der Waals surface area contributed by atoms with Crippen molar-refractivity contribution in [2.75, 3.05) is 0 Å². The standard InChI is InChI=1S/C23H28N4O2/c1-2-22-25-13-15-27(22)14-11-23(28)26-18-5-7-19(8-6-18)29-20-9-10-21-17(16-20)4-3-12-24-21/h3-4,9-10,12-13,15-16,18-19H,2,5-8,11,14H2,1H3,(H,26,28). The number of aryl methyl sites for hydroxylation is 2. The molecule has 4 rings (SSSR count). The number of nitrogens with one attached hydrogen (secondary N) is 1. The topological polar surface area (TPSA) is 69.0 Å². The molecular formula is C23H28N4O2. The number of hydrogen-bond donors (Lipinski definition) is 1. The Bertz CT molecular complexity index is 960. The second-order valence-electron chi connectivity index (χ2n) is 7.66. The normalized spacial score (nSPS) is 19.2. The first kappa shape index (κ1) is 19.4. The van der Waals surface area contributed by atoms with E-state index in [0.717, 1.165) is 54.6 Å². The minimum absolute atomic E-state index is 0.118. The monoisotopic (exact) mass is 392 g/mol. The maximum atomic E-state index is 12.3. The number of carbonyl (C=O) groups excluding carboxylic acids is 1. The highest BCUT2D eigenvalue weighted by Crippen LogP contribution is 2.26. The molecule has 1 fully saturated rings. The summed E-state index contributed by atoms with van der Waals surface area (Å²) < 4.78 is 8.25. The summed E-state index contributed by atoms with van der Waals surface area (Å²) in [7, 11) is 0. The Morgan fingerprint density at radius 1 is 1.17 bits per heavy atom. The number of benzene rings is 1. The number of nitrogens with zero attached hydrogens (tertiary/aromatic N) is 3. The molecule has 0 radical (unpaired) electrons. The van der Waals surface area contributed by atoms with Gasteiger partial charge in [-0.1, -0.05) is 13.0 Å². The minimum atomic E-state index is 0.118. The SMILES string of the molecule is CCc1nccn1CCC(=O)NC1CCC(Oc2ccc3ncccc3c2)CC1. The molecule has 152 valence electrons. The number of carbonyl (C=O) groups is 1. The Hall–Kier alpha value is -2.89. The molecule has 29 heavy (non-hydrogen) atoms. The third kappa shape index (κ3) is 4.94. The molecule has 1 saturated carbocycles. The summed E-state index contributed by atoms with van der Waals surface area (Å²) in [5.41, 5.74) is 0.980. The Balaban J connectivity index is 1.22. The van der Waals surface area contributed by atoms with E-state index in [1.807, 2.05) is 24.4 Å². The summed E-state index contributed by atoms with van der Waals surface area (Å²) in [5, 5.41) is 4.28. The molecule has 1 aliphatic rings. The van der Waals surface area contributed by atoms with Crippen molar-refractivity contribution in [2.24, 2.45) is 0 Å². The van der Waals surface area contributed by atoms with Gasteiger partial charge in [-0.25, -0.2) is 4.98 Å².